The molecular weight excluding hydrogens is 299 g/mol. The molecule has 2 rings (SSSR count). The van der Waals surface area contributed by atoms with Gasteiger partial charge in [0.05, 0.1) is 25.5 Å². The summed E-state index contributed by atoms with van der Waals surface area (Å²) in [6.07, 6.45) is -4.67. The van der Waals surface area contributed by atoms with Crippen LogP contribution in [0.1, 0.15) is 15.9 Å². The van der Waals surface area contributed by atoms with Crippen molar-refractivity contribution in [2.45, 2.75) is 6.18 Å². The zero-order chi connectivity index (χ0) is 16.3. The van der Waals surface area contributed by atoms with Crippen molar-refractivity contribution >= 4 is 5.97 Å². The maximum Gasteiger partial charge on any atom is 0.418 e. The summed E-state index contributed by atoms with van der Waals surface area (Å²) < 4.78 is 49.2. The Bertz CT molecular complexity index is 684. The summed E-state index contributed by atoms with van der Waals surface area (Å²) in [6, 6.07) is 8.55. The lowest BCUT2D eigenvalue weighted by Gasteiger charge is -2.15. The number of hydrogen-bond donors (Lipinski definition) is 0. The van der Waals surface area contributed by atoms with Gasteiger partial charge >= 0.3 is 12.1 Å². The maximum absolute atomic E-state index is 13.3. The van der Waals surface area contributed by atoms with Gasteiger partial charge in [-0.2, -0.15) is 13.2 Å². The molecular formula is C15H12F3NO3. The van der Waals surface area contributed by atoms with Crippen LogP contribution in [-0.2, 0) is 10.9 Å². The summed E-state index contributed by atoms with van der Waals surface area (Å²) >= 11 is 0. The molecule has 116 valence electrons. The second-order valence-electron chi connectivity index (χ2n) is 4.30. The van der Waals surface area contributed by atoms with Gasteiger partial charge in [-0.15, -0.1) is 0 Å². The lowest BCUT2D eigenvalue weighted by molar-refractivity contribution is -0.137. The van der Waals surface area contributed by atoms with Crippen LogP contribution < -0.4 is 4.74 Å². The first-order valence-corrected chi connectivity index (χ1v) is 6.18. The molecule has 0 spiro atoms. The number of benzene rings is 1. The molecule has 0 unspecified atom stereocenters. The van der Waals surface area contributed by atoms with E-state index in [4.69, 9.17) is 4.74 Å². The summed E-state index contributed by atoms with van der Waals surface area (Å²) in [5, 5.41) is 0. The van der Waals surface area contributed by atoms with Crippen molar-refractivity contribution in [3.05, 3.63) is 47.5 Å². The Morgan fingerprint density at radius 2 is 1.77 bits per heavy atom. The van der Waals surface area contributed by atoms with Gasteiger partial charge in [0, 0.05) is 5.56 Å². The topological polar surface area (TPSA) is 48.4 Å². The van der Waals surface area contributed by atoms with E-state index in [9.17, 15) is 18.0 Å². The van der Waals surface area contributed by atoms with E-state index in [0.29, 0.717) is 6.07 Å². The van der Waals surface area contributed by atoms with E-state index in [1.54, 1.807) is 18.2 Å². The largest absolute Gasteiger partial charge is 0.480 e. The van der Waals surface area contributed by atoms with Gasteiger partial charge in [0.25, 0.3) is 0 Å². The molecule has 7 heteroatoms. The summed E-state index contributed by atoms with van der Waals surface area (Å²) in [6.45, 7) is 0. The van der Waals surface area contributed by atoms with Gasteiger partial charge in [-0.25, -0.2) is 9.78 Å². The van der Waals surface area contributed by atoms with E-state index in [2.05, 4.69) is 9.72 Å². The highest BCUT2D eigenvalue weighted by atomic mass is 19.4. The molecule has 0 saturated heterocycles. The molecule has 0 N–H and O–H groups in total. The zero-order valence-electron chi connectivity index (χ0n) is 11.8. The normalized spacial score (nSPS) is 11.1. The first-order valence-electron chi connectivity index (χ1n) is 6.18. The van der Waals surface area contributed by atoms with Gasteiger partial charge in [-0.05, 0) is 6.07 Å². The van der Waals surface area contributed by atoms with Gasteiger partial charge in [0.1, 0.15) is 5.56 Å². The molecule has 0 aliphatic heterocycles. The molecule has 2 aromatic rings. The van der Waals surface area contributed by atoms with Crippen LogP contribution in [0.3, 0.4) is 0 Å². The fourth-order valence-corrected chi connectivity index (χ4v) is 1.94. The molecule has 0 aliphatic rings. The van der Waals surface area contributed by atoms with E-state index in [1.165, 1.54) is 19.2 Å². The standard InChI is InChI=1S/C15H12F3NO3/c1-21-13-10(14(20)22-2)8-11(15(16,17)18)12(19-13)9-6-4-3-5-7-9/h3-8H,1-2H3. The molecule has 0 fully saturated rings. The Morgan fingerprint density at radius 3 is 2.27 bits per heavy atom. The molecule has 0 bridgehead atoms. The quantitative estimate of drug-likeness (QED) is 0.813. The first kappa shape index (κ1) is 15.8. The Kier molecular flexibility index (Phi) is 4.35. The Morgan fingerprint density at radius 1 is 1.14 bits per heavy atom. The van der Waals surface area contributed by atoms with Crippen LogP contribution in [0.15, 0.2) is 36.4 Å². The second kappa shape index (κ2) is 6.05. The third-order valence-corrected chi connectivity index (χ3v) is 2.94. The van der Waals surface area contributed by atoms with Crippen LogP contribution in [-0.4, -0.2) is 25.2 Å². The summed E-state index contributed by atoms with van der Waals surface area (Å²) in [4.78, 5) is 15.5. The summed E-state index contributed by atoms with van der Waals surface area (Å²) in [7, 11) is 2.29. The predicted molar refractivity (Wildman–Crippen MR) is 72.6 cm³/mol. The maximum atomic E-state index is 13.3. The third kappa shape index (κ3) is 3.03. The minimum Gasteiger partial charge on any atom is -0.480 e. The Labute approximate surface area is 124 Å². The molecule has 0 atom stereocenters. The zero-order valence-corrected chi connectivity index (χ0v) is 11.8. The van der Waals surface area contributed by atoms with E-state index in [-0.39, 0.29) is 22.7 Å². The van der Waals surface area contributed by atoms with Crippen molar-refractivity contribution in [1.82, 2.24) is 4.98 Å². The van der Waals surface area contributed by atoms with Gasteiger partial charge in [-0.3, -0.25) is 0 Å². The number of carbonyl (C=O) groups is 1. The van der Waals surface area contributed by atoms with Gasteiger partial charge < -0.3 is 9.47 Å². The SMILES string of the molecule is COC(=O)c1cc(C(F)(F)F)c(-c2ccccc2)nc1OC. The molecule has 0 radical (unpaired) electrons. The minimum atomic E-state index is -4.67. The fourth-order valence-electron chi connectivity index (χ4n) is 1.94. The Hall–Kier alpha value is -2.57. The number of alkyl halides is 3. The van der Waals surface area contributed by atoms with Crippen LogP contribution in [0, 0.1) is 0 Å². The van der Waals surface area contributed by atoms with Crippen molar-refractivity contribution in [2.24, 2.45) is 0 Å². The van der Waals surface area contributed by atoms with Crippen molar-refractivity contribution in [3.8, 4) is 17.1 Å². The van der Waals surface area contributed by atoms with Crippen LogP contribution in [0.2, 0.25) is 0 Å². The average Bonchev–Trinajstić information content (AvgIpc) is 2.52. The molecule has 0 saturated carbocycles. The number of ether oxygens (including phenoxy) is 2. The van der Waals surface area contributed by atoms with E-state index in [1.807, 2.05) is 0 Å². The fraction of sp³-hybridized carbons (Fsp3) is 0.200. The molecule has 4 nitrogen and oxygen atoms in total. The number of methoxy groups -OCH3 is 2. The Balaban J connectivity index is 2.75. The minimum absolute atomic E-state index is 0.223. The molecule has 1 heterocycles. The predicted octanol–water partition coefficient (Wildman–Crippen LogP) is 3.56. The number of halogens is 3. The number of pyridine rings is 1. The van der Waals surface area contributed by atoms with E-state index in [0.717, 1.165) is 7.11 Å². The van der Waals surface area contributed by atoms with Crippen LogP contribution >= 0.6 is 0 Å². The number of rotatable bonds is 3. The molecule has 1 aromatic carbocycles. The number of esters is 1. The number of hydrogen-bond acceptors (Lipinski definition) is 4. The second-order valence-corrected chi connectivity index (χ2v) is 4.30. The van der Waals surface area contributed by atoms with E-state index >= 15 is 0 Å². The van der Waals surface area contributed by atoms with E-state index < -0.39 is 17.7 Å². The number of aromatic nitrogens is 1. The summed E-state index contributed by atoms with van der Waals surface area (Å²) in [5.41, 5.74) is -1.45. The average molecular weight is 311 g/mol. The van der Waals surface area contributed by atoms with Crippen molar-refractivity contribution in [1.29, 1.82) is 0 Å². The van der Waals surface area contributed by atoms with Crippen molar-refractivity contribution < 1.29 is 27.4 Å². The van der Waals surface area contributed by atoms with Crippen molar-refractivity contribution in [3.63, 3.8) is 0 Å². The molecule has 1 aromatic heterocycles. The number of nitrogens with zero attached hydrogens (tertiary/aromatic N) is 1. The monoisotopic (exact) mass is 311 g/mol. The first-order chi connectivity index (χ1) is 10.4. The smallest absolute Gasteiger partial charge is 0.418 e. The molecule has 0 aliphatic carbocycles. The van der Waals surface area contributed by atoms with Crippen LogP contribution in [0.5, 0.6) is 5.88 Å². The highest BCUT2D eigenvalue weighted by Gasteiger charge is 2.37. The summed E-state index contributed by atoms with van der Waals surface area (Å²) in [5.74, 6) is -1.17. The van der Waals surface area contributed by atoms with Gasteiger partial charge in [0.2, 0.25) is 5.88 Å². The third-order valence-electron chi connectivity index (χ3n) is 2.94. The number of carbonyl (C=O) groups excluding carboxylic acids is 1. The highest BCUT2D eigenvalue weighted by Crippen LogP contribution is 2.38. The lowest BCUT2D eigenvalue weighted by atomic mass is 10.0. The highest BCUT2D eigenvalue weighted by molar-refractivity contribution is 5.92. The molecule has 0 amide bonds. The lowest BCUT2D eigenvalue weighted by Crippen LogP contribution is -2.14. The van der Waals surface area contributed by atoms with Gasteiger partial charge in [0.15, 0.2) is 0 Å². The molecule has 22 heavy (non-hydrogen) atoms. The van der Waals surface area contributed by atoms with Crippen LogP contribution in [0.25, 0.3) is 11.3 Å². The van der Waals surface area contributed by atoms with Gasteiger partial charge in [-0.1, -0.05) is 30.3 Å². The van der Waals surface area contributed by atoms with Crippen molar-refractivity contribution in [2.75, 3.05) is 14.2 Å². The van der Waals surface area contributed by atoms with Crippen LogP contribution in [0.4, 0.5) is 13.2 Å².